The van der Waals surface area contributed by atoms with Crippen molar-refractivity contribution in [3.63, 3.8) is 0 Å². The fourth-order valence-corrected chi connectivity index (χ4v) is 2.30. The highest BCUT2D eigenvalue weighted by molar-refractivity contribution is 5.95. The largest absolute Gasteiger partial charge is 0.497 e. The van der Waals surface area contributed by atoms with Gasteiger partial charge in [-0.2, -0.15) is 0 Å². The standard InChI is InChI=1S/C17H15NO/c1-12-10-14-8-9-15(19-2)11-16(14)17(18-12)13-6-4-3-5-7-13/h3-11H,1-2H3. The molecule has 0 saturated heterocycles. The predicted octanol–water partition coefficient (Wildman–Crippen LogP) is 4.22. The SMILES string of the molecule is COc1ccc2cc(C)nc(-c3ccccc3)c2c1. The second-order valence-corrected chi connectivity index (χ2v) is 4.57. The molecule has 1 aromatic heterocycles. The summed E-state index contributed by atoms with van der Waals surface area (Å²) in [6, 6.07) is 18.5. The van der Waals surface area contributed by atoms with Crippen LogP contribution in [0, 0.1) is 6.92 Å². The van der Waals surface area contributed by atoms with Crippen LogP contribution in [0.2, 0.25) is 0 Å². The lowest BCUT2D eigenvalue weighted by molar-refractivity contribution is 0.415. The Morgan fingerprint density at radius 1 is 0.947 bits per heavy atom. The summed E-state index contributed by atoms with van der Waals surface area (Å²) in [7, 11) is 1.69. The molecule has 0 aliphatic heterocycles. The summed E-state index contributed by atoms with van der Waals surface area (Å²) in [5.74, 6) is 0.857. The number of pyridine rings is 1. The Bertz CT molecular complexity index is 720. The van der Waals surface area contributed by atoms with Gasteiger partial charge in [-0.1, -0.05) is 36.4 Å². The number of nitrogens with zero attached hydrogens (tertiary/aromatic N) is 1. The lowest BCUT2D eigenvalue weighted by Crippen LogP contribution is -1.91. The van der Waals surface area contributed by atoms with Gasteiger partial charge in [-0.3, -0.25) is 4.98 Å². The van der Waals surface area contributed by atoms with Crippen molar-refractivity contribution in [3.05, 3.63) is 60.3 Å². The smallest absolute Gasteiger partial charge is 0.119 e. The maximum atomic E-state index is 5.32. The zero-order chi connectivity index (χ0) is 13.2. The molecule has 3 aromatic rings. The summed E-state index contributed by atoms with van der Waals surface area (Å²) in [5, 5.41) is 2.31. The van der Waals surface area contributed by atoms with Crippen LogP contribution in [-0.4, -0.2) is 12.1 Å². The number of hydrogen-bond donors (Lipinski definition) is 0. The van der Waals surface area contributed by atoms with Crippen LogP contribution in [0.4, 0.5) is 0 Å². The quantitative estimate of drug-likeness (QED) is 0.678. The average Bonchev–Trinajstić information content (AvgIpc) is 2.47. The molecule has 0 fully saturated rings. The van der Waals surface area contributed by atoms with Crippen molar-refractivity contribution in [2.75, 3.05) is 7.11 Å². The summed E-state index contributed by atoms with van der Waals surface area (Å²) in [6.07, 6.45) is 0. The van der Waals surface area contributed by atoms with E-state index in [9.17, 15) is 0 Å². The Morgan fingerprint density at radius 2 is 1.74 bits per heavy atom. The lowest BCUT2D eigenvalue weighted by atomic mass is 10.0. The Hall–Kier alpha value is -2.35. The summed E-state index contributed by atoms with van der Waals surface area (Å²) in [5.41, 5.74) is 3.16. The van der Waals surface area contributed by atoms with Crippen LogP contribution < -0.4 is 4.74 Å². The molecule has 94 valence electrons. The molecular weight excluding hydrogens is 234 g/mol. The van der Waals surface area contributed by atoms with E-state index < -0.39 is 0 Å². The molecule has 0 aliphatic rings. The molecule has 0 unspecified atom stereocenters. The molecule has 0 aliphatic carbocycles. The van der Waals surface area contributed by atoms with Gasteiger partial charge in [0.25, 0.3) is 0 Å². The van der Waals surface area contributed by atoms with Crippen molar-refractivity contribution in [2.24, 2.45) is 0 Å². The Labute approximate surface area is 112 Å². The molecule has 1 heterocycles. The summed E-state index contributed by atoms with van der Waals surface area (Å²) < 4.78 is 5.32. The van der Waals surface area contributed by atoms with E-state index in [0.29, 0.717) is 0 Å². The van der Waals surface area contributed by atoms with E-state index in [-0.39, 0.29) is 0 Å². The monoisotopic (exact) mass is 249 g/mol. The summed E-state index contributed by atoms with van der Waals surface area (Å²) in [4.78, 5) is 4.69. The number of rotatable bonds is 2. The van der Waals surface area contributed by atoms with Gasteiger partial charge in [0.1, 0.15) is 5.75 Å². The van der Waals surface area contributed by atoms with Crippen molar-refractivity contribution >= 4 is 10.8 Å². The number of aromatic nitrogens is 1. The van der Waals surface area contributed by atoms with Gasteiger partial charge in [-0.15, -0.1) is 0 Å². The first-order valence-electron chi connectivity index (χ1n) is 6.29. The van der Waals surface area contributed by atoms with Crippen LogP contribution in [0.25, 0.3) is 22.0 Å². The van der Waals surface area contributed by atoms with Gasteiger partial charge in [0.15, 0.2) is 0 Å². The minimum Gasteiger partial charge on any atom is -0.497 e. The predicted molar refractivity (Wildman–Crippen MR) is 78.5 cm³/mol. The van der Waals surface area contributed by atoms with Crippen LogP contribution in [0.15, 0.2) is 54.6 Å². The van der Waals surface area contributed by atoms with Gasteiger partial charge in [0.05, 0.1) is 12.8 Å². The van der Waals surface area contributed by atoms with Crippen molar-refractivity contribution in [3.8, 4) is 17.0 Å². The van der Waals surface area contributed by atoms with Gasteiger partial charge in [0, 0.05) is 16.6 Å². The van der Waals surface area contributed by atoms with Crippen LogP contribution in [-0.2, 0) is 0 Å². The molecule has 3 rings (SSSR count). The third kappa shape index (κ3) is 2.17. The highest BCUT2D eigenvalue weighted by Crippen LogP contribution is 2.30. The second kappa shape index (κ2) is 4.73. The van der Waals surface area contributed by atoms with E-state index in [2.05, 4.69) is 24.3 Å². The molecule has 2 heteroatoms. The van der Waals surface area contributed by atoms with E-state index in [4.69, 9.17) is 9.72 Å². The van der Waals surface area contributed by atoms with E-state index in [1.807, 2.05) is 37.3 Å². The van der Waals surface area contributed by atoms with Crippen LogP contribution in [0.5, 0.6) is 5.75 Å². The Balaban J connectivity index is 2.33. The Morgan fingerprint density at radius 3 is 2.47 bits per heavy atom. The van der Waals surface area contributed by atoms with Crippen LogP contribution in [0.3, 0.4) is 0 Å². The van der Waals surface area contributed by atoms with Gasteiger partial charge >= 0.3 is 0 Å². The minimum atomic E-state index is 0.857. The van der Waals surface area contributed by atoms with E-state index in [1.165, 1.54) is 5.39 Å². The molecule has 19 heavy (non-hydrogen) atoms. The molecule has 0 radical (unpaired) electrons. The van der Waals surface area contributed by atoms with E-state index in [0.717, 1.165) is 28.1 Å². The first-order valence-corrected chi connectivity index (χ1v) is 6.29. The number of aryl methyl sites for hydroxylation is 1. The first-order chi connectivity index (χ1) is 9.28. The number of ether oxygens (including phenoxy) is 1. The molecule has 0 spiro atoms. The van der Waals surface area contributed by atoms with Crippen LogP contribution >= 0.6 is 0 Å². The maximum Gasteiger partial charge on any atom is 0.119 e. The van der Waals surface area contributed by atoms with Crippen molar-refractivity contribution in [1.29, 1.82) is 0 Å². The highest BCUT2D eigenvalue weighted by atomic mass is 16.5. The zero-order valence-corrected chi connectivity index (χ0v) is 11.1. The van der Waals surface area contributed by atoms with E-state index in [1.54, 1.807) is 7.11 Å². The highest BCUT2D eigenvalue weighted by Gasteiger charge is 2.07. The van der Waals surface area contributed by atoms with Crippen molar-refractivity contribution in [1.82, 2.24) is 4.98 Å². The second-order valence-electron chi connectivity index (χ2n) is 4.57. The van der Waals surface area contributed by atoms with Crippen molar-refractivity contribution < 1.29 is 4.74 Å². The number of hydrogen-bond acceptors (Lipinski definition) is 2. The maximum absolute atomic E-state index is 5.32. The molecule has 0 atom stereocenters. The minimum absolute atomic E-state index is 0.857. The van der Waals surface area contributed by atoms with Gasteiger partial charge < -0.3 is 4.74 Å². The third-order valence-corrected chi connectivity index (χ3v) is 3.22. The molecule has 0 saturated carbocycles. The first kappa shape index (κ1) is 11.7. The fourth-order valence-electron chi connectivity index (χ4n) is 2.30. The molecule has 0 amide bonds. The zero-order valence-electron chi connectivity index (χ0n) is 11.1. The van der Waals surface area contributed by atoms with Crippen molar-refractivity contribution in [2.45, 2.75) is 6.92 Å². The van der Waals surface area contributed by atoms with Gasteiger partial charge in [-0.25, -0.2) is 0 Å². The number of fused-ring (bicyclic) bond motifs is 1. The molecule has 2 aromatic carbocycles. The summed E-state index contributed by atoms with van der Waals surface area (Å²) >= 11 is 0. The molecular formula is C17H15NO. The van der Waals surface area contributed by atoms with Gasteiger partial charge in [-0.05, 0) is 30.5 Å². The Kier molecular flexibility index (Phi) is 2.92. The summed E-state index contributed by atoms with van der Waals surface area (Å²) in [6.45, 7) is 2.02. The normalized spacial score (nSPS) is 10.6. The average molecular weight is 249 g/mol. The topological polar surface area (TPSA) is 22.1 Å². The molecule has 0 bridgehead atoms. The van der Waals surface area contributed by atoms with Gasteiger partial charge in [0.2, 0.25) is 0 Å². The molecule has 2 nitrogen and oxygen atoms in total. The molecule has 0 N–H and O–H groups in total. The fraction of sp³-hybridized carbons (Fsp3) is 0.118. The number of benzene rings is 2. The number of methoxy groups -OCH3 is 1. The van der Waals surface area contributed by atoms with E-state index >= 15 is 0 Å². The third-order valence-electron chi connectivity index (χ3n) is 3.22. The van der Waals surface area contributed by atoms with Crippen LogP contribution in [0.1, 0.15) is 5.69 Å². The lowest BCUT2D eigenvalue weighted by Gasteiger charge is -2.09.